The molecule has 2 fully saturated rings. The maximum Gasteiger partial charge on any atom is 0.401 e. The second-order valence-electron chi connectivity index (χ2n) is 6.32. The van der Waals surface area contributed by atoms with Crippen LogP contribution in [0.25, 0.3) is 0 Å². The van der Waals surface area contributed by atoms with Gasteiger partial charge in [-0.3, -0.25) is 9.69 Å². The summed E-state index contributed by atoms with van der Waals surface area (Å²) < 4.78 is 43.8. The Morgan fingerprint density at radius 3 is 2.65 bits per heavy atom. The molecule has 2 aliphatic heterocycles. The Labute approximate surface area is 132 Å². The summed E-state index contributed by atoms with van der Waals surface area (Å²) in [6.45, 7) is 1.34. The molecule has 1 amide bonds. The van der Waals surface area contributed by atoms with Crippen molar-refractivity contribution >= 4 is 11.6 Å². The van der Waals surface area contributed by atoms with Gasteiger partial charge < -0.3 is 9.64 Å². The van der Waals surface area contributed by atoms with Crippen LogP contribution in [0, 0.1) is 0 Å². The number of ether oxygens (including phenoxy) is 1. The second kappa shape index (κ2) is 5.79. The molecule has 0 aromatic heterocycles. The van der Waals surface area contributed by atoms with E-state index in [-0.39, 0.29) is 19.1 Å². The summed E-state index contributed by atoms with van der Waals surface area (Å²) in [5.74, 6) is -0.215. The van der Waals surface area contributed by atoms with E-state index in [2.05, 4.69) is 0 Å². The van der Waals surface area contributed by atoms with Crippen LogP contribution in [0.5, 0.6) is 0 Å². The first-order valence-corrected chi connectivity index (χ1v) is 7.59. The molecule has 0 saturated carbocycles. The number of carbonyl (C=O) groups is 1. The summed E-state index contributed by atoms with van der Waals surface area (Å²) in [7, 11) is 0. The van der Waals surface area contributed by atoms with E-state index in [0.29, 0.717) is 18.7 Å². The molecular weight excluding hydrogens is 309 g/mol. The molecule has 2 aliphatic rings. The number of carbonyl (C=O) groups excluding carboxylic acids is 1. The van der Waals surface area contributed by atoms with Gasteiger partial charge >= 0.3 is 6.18 Å². The first kappa shape index (κ1) is 16.3. The number of piperidine rings is 1. The zero-order chi connectivity index (χ0) is 16.7. The molecule has 23 heavy (non-hydrogen) atoms. The van der Waals surface area contributed by atoms with E-state index in [4.69, 9.17) is 4.74 Å². The number of nitrogens with zero attached hydrogens (tertiary/aromatic N) is 2. The van der Waals surface area contributed by atoms with Crippen molar-refractivity contribution < 1.29 is 22.7 Å². The van der Waals surface area contributed by atoms with Gasteiger partial charge in [-0.25, -0.2) is 0 Å². The third-order valence-electron chi connectivity index (χ3n) is 4.60. The van der Waals surface area contributed by atoms with Gasteiger partial charge in [0.15, 0.2) is 0 Å². The average Bonchev–Trinajstić information content (AvgIpc) is 2.48. The van der Waals surface area contributed by atoms with Crippen LogP contribution in [0.15, 0.2) is 30.3 Å². The smallest absolute Gasteiger partial charge is 0.363 e. The van der Waals surface area contributed by atoms with Gasteiger partial charge in [-0.2, -0.15) is 13.2 Å². The number of rotatable bonds is 2. The van der Waals surface area contributed by atoms with E-state index in [1.54, 1.807) is 17.0 Å². The third-order valence-corrected chi connectivity index (χ3v) is 4.60. The highest BCUT2D eigenvalue weighted by atomic mass is 19.4. The van der Waals surface area contributed by atoms with Gasteiger partial charge in [0.2, 0.25) is 0 Å². The highest BCUT2D eigenvalue weighted by Crippen LogP contribution is 2.36. The van der Waals surface area contributed by atoms with Crippen molar-refractivity contribution in [3.8, 4) is 0 Å². The van der Waals surface area contributed by atoms with E-state index >= 15 is 0 Å². The minimum Gasteiger partial charge on any atom is -0.363 e. The van der Waals surface area contributed by atoms with Crippen LogP contribution >= 0.6 is 0 Å². The van der Waals surface area contributed by atoms with Crippen LogP contribution in [0.4, 0.5) is 18.9 Å². The fourth-order valence-corrected chi connectivity index (χ4v) is 3.38. The van der Waals surface area contributed by atoms with E-state index in [9.17, 15) is 18.0 Å². The summed E-state index contributed by atoms with van der Waals surface area (Å²) in [5, 5.41) is 0. The molecule has 4 nitrogen and oxygen atoms in total. The molecular formula is C16H19F3N2O2. The topological polar surface area (TPSA) is 32.8 Å². The molecule has 0 radical (unpaired) electrons. The molecule has 2 heterocycles. The molecule has 0 spiro atoms. The molecule has 0 bridgehead atoms. The standard InChI is InChI=1S/C16H19F3N2O2/c1-15-7-8-20(11-16(17,18)19)9-13(15)21(14(22)10-23-15)12-5-3-2-4-6-12/h2-6,13H,7-11H2,1H3/t13-,15-/m1/s1. The maximum atomic E-state index is 12.7. The summed E-state index contributed by atoms with van der Waals surface area (Å²) >= 11 is 0. The molecule has 3 rings (SSSR count). The number of para-hydroxylation sites is 1. The number of hydrogen-bond acceptors (Lipinski definition) is 3. The molecule has 0 N–H and O–H groups in total. The number of likely N-dealkylation sites (tertiary alicyclic amines) is 1. The number of alkyl halides is 3. The normalized spacial score (nSPS) is 29.5. The van der Waals surface area contributed by atoms with Crippen molar-refractivity contribution in [1.29, 1.82) is 0 Å². The van der Waals surface area contributed by atoms with Crippen molar-refractivity contribution in [2.75, 3.05) is 31.1 Å². The Hall–Kier alpha value is -1.60. The minimum atomic E-state index is -4.25. The van der Waals surface area contributed by atoms with Crippen LogP contribution in [-0.2, 0) is 9.53 Å². The quantitative estimate of drug-likeness (QED) is 0.836. The molecule has 2 saturated heterocycles. The van der Waals surface area contributed by atoms with Gasteiger partial charge in [0, 0.05) is 18.8 Å². The molecule has 2 atom stereocenters. The highest BCUT2D eigenvalue weighted by molar-refractivity contribution is 5.96. The van der Waals surface area contributed by atoms with E-state index < -0.39 is 24.4 Å². The van der Waals surface area contributed by atoms with Gasteiger partial charge in [-0.15, -0.1) is 0 Å². The molecule has 7 heteroatoms. The predicted octanol–water partition coefficient (Wildman–Crippen LogP) is 2.45. The molecule has 126 valence electrons. The fraction of sp³-hybridized carbons (Fsp3) is 0.562. The summed E-state index contributed by atoms with van der Waals surface area (Å²) in [5.41, 5.74) is 0.0807. The summed E-state index contributed by atoms with van der Waals surface area (Å²) in [4.78, 5) is 15.3. The third kappa shape index (κ3) is 3.35. The van der Waals surface area contributed by atoms with Crippen LogP contribution in [0.1, 0.15) is 13.3 Å². The average molecular weight is 328 g/mol. The second-order valence-corrected chi connectivity index (χ2v) is 6.32. The van der Waals surface area contributed by atoms with Crippen LogP contribution in [-0.4, -0.2) is 54.9 Å². The lowest BCUT2D eigenvalue weighted by Crippen LogP contribution is -2.68. The van der Waals surface area contributed by atoms with Crippen LogP contribution < -0.4 is 4.90 Å². The Morgan fingerprint density at radius 2 is 2.00 bits per heavy atom. The Bertz CT molecular complexity index is 578. The SMILES string of the molecule is C[C@@]12CCN(CC(F)(F)F)C[C@H]1N(c1ccccc1)C(=O)CO2. The molecule has 1 aromatic carbocycles. The fourth-order valence-electron chi connectivity index (χ4n) is 3.38. The Morgan fingerprint density at radius 1 is 1.30 bits per heavy atom. The number of amides is 1. The minimum absolute atomic E-state index is 0.0405. The lowest BCUT2D eigenvalue weighted by molar-refractivity contribution is -0.169. The van der Waals surface area contributed by atoms with Gasteiger partial charge in [0.1, 0.15) is 6.61 Å². The van der Waals surface area contributed by atoms with Crippen LogP contribution in [0.2, 0.25) is 0 Å². The Kier molecular flexibility index (Phi) is 4.10. The highest BCUT2D eigenvalue weighted by Gasteiger charge is 2.50. The zero-order valence-electron chi connectivity index (χ0n) is 12.8. The molecule has 0 unspecified atom stereocenters. The lowest BCUT2D eigenvalue weighted by Gasteiger charge is -2.52. The van der Waals surface area contributed by atoms with Crippen molar-refractivity contribution in [2.24, 2.45) is 0 Å². The number of morpholine rings is 1. The van der Waals surface area contributed by atoms with E-state index in [0.717, 1.165) is 0 Å². The van der Waals surface area contributed by atoms with E-state index in [1.165, 1.54) is 4.90 Å². The number of fused-ring (bicyclic) bond motifs is 1. The van der Waals surface area contributed by atoms with Gasteiger partial charge in [-0.1, -0.05) is 18.2 Å². The van der Waals surface area contributed by atoms with Gasteiger partial charge in [0.05, 0.1) is 18.2 Å². The monoisotopic (exact) mass is 328 g/mol. The molecule has 1 aromatic rings. The van der Waals surface area contributed by atoms with Crippen LogP contribution in [0.3, 0.4) is 0 Å². The number of benzene rings is 1. The number of hydrogen-bond donors (Lipinski definition) is 0. The van der Waals surface area contributed by atoms with Crippen molar-refractivity contribution in [3.63, 3.8) is 0 Å². The first-order valence-electron chi connectivity index (χ1n) is 7.59. The number of anilines is 1. The van der Waals surface area contributed by atoms with Crippen molar-refractivity contribution in [2.45, 2.75) is 31.2 Å². The summed E-state index contributed by atoms with van der Waals surface area (Å²) in [6.07, 6.45) is -3.78. The maximum absolute atomic E-state index is 12.7. The number of halogens is 3. The van der Waals surface area contributed by atoms with Crippen molar-refractivity contribution in [1.82, 2.24) is 4.90 Å². The van der Waals surface area contributed by atoms with Gasteiger partial charge in [-0.05, 0) is 25.5 Å². The molecule has 0 aliphatic carbocycles. The zero-order valence-corrected chi connectivity index (χ0v) is 12.8. The van der Waals surface area contributed by atoms with Gasteiger partial charge in [0.25, 0.3) is 5.91 Å². The van der Waals surface area contributed by atoms with Crippen molar-refractivity contribution in [3.05, 3.63) is 30.3 Å². The summed E-state index contributed by atoms with van der Waals surface area (Å²) in [6, 6.07) is 8.63. The van der Waals surface area contributed by atoms with E-state index in [1.807, 2.05) is 25.1 Å². The Balaban J connectivity index is 1.88. The predicted molar refractivity (Wildman–Crippen MR) is 79.2 cm³/mol. The first-order chi connectivity index (χ1) is 10.8. The largest absolute Gasteiger partial charge is 0.401 e. The lowest BCUT2D eigenvalue weighted by atomic mass is 9.85.